The maximum Gasteiger partial charge on any atom is 0.243 e. The van der Waals surface area contributed by atoms with Crippen LogP contribution < -0.4 is 5.32 Å². The Morgan fingerprint density at radius 1 is 1.67 bits per heavy atom. The van der Waals surface area contributed by atoms with Crippen molar-refractivity contribution in [3.05, 3.63) is 12.7 Å². The van der Waals surface area contributed by atoms with Gasteiger partial charge in [-0.3, -0.25) is 4.79 Å². The van der Waals surface area contributed by atoms with Crippen molar-refractivity contribution in [2.75, 3.05) is 19.8 Å². The van der Waals surface area contributed by atoms with Crippen LogP contribution in [0.5, 0.6) is 0 Å². The number of amides is 1. The zero-order valence-electron chi connectivity index (χ0n) is 7.80. The first kappa shape index (κ1) is 11.2. The summed E-state index contributed by atoms with van der Waals surface area (Å²) in [6, 6.07) is 0. The molecule has 0 spiro atoms. The Kier molecular flexibility index (Phi) is 6.38. The smallest absolute Gasteiger partial charge is 0.243 e. The van der Waals surface area contributed by atoms with E-state index in [1.807, 2.05) is 0 Å². The van der Waals surface area contributed by atoms with Crippen molar-refractivity contribution in [2.45, 2.75) is 13.8 Å². The molecule has 0 radical (unpaired) electrons. The maximum atomic E-state index is 10.6. The first-order valence-electron chi connectivity index (χ1n) is 4.14. The van der Waals surface area contributed by atoms with Crippen LogP contribution in [-0.4, -0.2) is 25.7 Å². The van der Waals surface area contributed by atoms with Gasteiger partial charge in [0, 0.05) is 13.2 Å². The molecule has 0 aromatic rings. The summed E-state index contributed by atoms with van der Waals surface area (Å²) in [6.07, 6.45) is 1.25. The van der Waals surface area contributed by atoms with Crippen LogP contribution in [0.1, 0.15) is 13.8 Å². The highest BCUT2D eigenvalue weighted by Crippen LogP contribution is 1.90. The number of ether oxygens (including phenoxy) is 1. The number of carbonyl (C=O) groups excluding carboxylic acids is 1. The largest absolute Gasteiger partial charge is 0.379 e. The van der Waals surface area contributed by atoms with E-state index in [9.17, 15) is 4.79 Å². The Labute approximate surface area is 73.8 Å². The van der Waals surface area contributed by atoms with Gasteiger partial charge in [-0.25, -0.2) is 0 Å². The standard InChI is InChI=1S/C9H17NO2/c1-4-9(11)10-5-6-12-7-8(2)3/h4,8H,1,5-7H2,2-3H3,(H,10,11). The highest BCUT2D eigenvalue weighted by atomic mass is 16.5. The molecule has 0 saturated heterocycles. The molecule has 0 heterocycles. The van der Waals surface area contributed by atoms with Crippen LogP contribution >= 0.6 is 0 Å². The van der Waals surface area contributed by atoms with E-state index in [1.165, 1.54) is 6.08 Å². The minimum absolute atomic E-state index is 0.150. The number of carbonyl (C=O) groups is 1. The highest BCUT2D eigenvalue weighted by molar-refractivity contribution is 5.86. The van der Waals surface area contributed by atoms with Crippen LogP contribution in [0, 0.1) is 5.92 Å². The number of hydrogen-bond donors (Lipinski definition) is 1. The van der Waals surface area contributed by atoms with Gasteiger partial charge < -0.3 is 10.1 Å². The van der Waals surface area contributed by atoms with Crippen molar-refractivity contribution in [1.29, 1.82) is 0 Å². The third kappa shape index (κ3) is 7.28. The molecule has 0 bridgehead atoms. The van der Waals surface area contributed by atoms with Gasteiger partial charge in [-0.1, -0.05) is 20.4 Å². The van der Waals surface area contributed by atoms with E-state index in [2.05, 4.69) is 25.7 Å². The van der Waals surface area contributed by atoms with Gasteiger partial charge in [0.2, 0.25) is 5.91 Å². The third-order valence-corrected chi connectivity index (χ3v) is 1.18. The Morgan fingerprint density at radius 2 is 2.33 bits per heavy atom. The maximum absolute atomic E-state index is 10.6. The summed E-state index contributed by atoms with van der Waals surface area (Å²) in [7, 11) is 0. The van der Waals surface area contributed by atoms with Crippen LogP contribution in [-0.2, 0) is 9.53 Å². The van der Waals surface area contributed by atoms with E-state index in [4.69, 9.17) is 4.74 Å². The predicted molar refractivity (Wildman–Crippen MR) is 48.9 cm³/mol. The van der Waals surface area contributed by atoms with Crippen LogP contribution in [0.25, 0.3) is 0 Å². The van der Waals surface area contributed by atoms with Crippen molar-refractivity contribution in [3.8, 4) is 0 Å². The molecule has 0 rings (SSSR count). The second-order valence-electron chi connectivity index (χ2n) is 2.96. The number of nitrogens with one attached hydrogen (secondary N) is 1. The molecule has 0 aliphatic rings. The van der Waals surface area contributed by atoms with Crippen LogP contribution in [0.15, 0.2) is 12.7 Å². The lowest BCUT2D eigenvalue weighted by molar-refractivity contribution is -0.116. The molecule has 0 aromatic carbocycles. The van der Waals surface area contributed by atoms with Gasteiger partial charge in [-0.05, 0) is 12.0 Å². The lowest BCUT2D eigenvalue weighted by Crippen LogP contribution is -2.25. The molecule has 0 atom stereocenters. The fraction of sp³-hybridized carbons (Fsp3) is 0.667. The summed E-state index contributed by atoms with van der Waals surface area (Å²) in [4.78, 5) is 10.6. The van der Waals surface area contributed by atoms with Gasteiger partial charge in [0.05, 0.1) is 6.61 Å². The lowest BCUT2D eigenvalue weighted by Gasteiger charge is -2.06. The van der Waals surface area contributed by atoms with Crippen LogP contribution in [0.3, 0.4) is 0 Å². The Bertz CT molecular complexity index is 143. The highest BCUT2D eigenvalue weighted by Gasteiger charge is 1.94. The van der Waals surface area contributed by atoms with E-state index < -0.39 is 0 Å². The van der Waals surface area contributed by atoms with Gasteiger partial charge in [0.15, 0.2) is 0 Å². The first-order chi connectivity index (χ1) is 5.66. The predicted octanol–water partition coefficient (Wildman–Crippen LogP) is 0.961. The van der Waals surface area contributed by atoms with Gasteiger partial charge in [-0.15, -0.1) is 0 Å². The molecule has 0 aromatic heterocycles. The molecule has 12 heavy (non-hydrogen) atoms. The average Bonchev–Trinajstić information content (AvgIpc) is 2.03. The molecule has 0 aliphatic carbocycles. The van der Waals surface area contributed by atoms with Gasteiger partial charge >= 0.3 is 0 Å². The molecule has 0 aliphatic heterocycles. The molecular formula is C9H17NO2. The molecule has 0 fully saturated rings. The SMILES string of the molecule is C=CC(=O)NCCOCC(C)C. The molecular weight excluding hydrogens is 154 g/mol. The van der Waals surface area contributed by atoms with Crippen LogP contribution in [0.2, 0.25) is 0 Å². The normalized spacial score (nSPS) is 9.92. The Balaban J connectivity index is 3.11. The number of rotatable bonds is 6. The monoisotopic (exact) mass is 171 g/mol. The molecule has 70 valence electrons. The Morgan fingerprint density at radius 3 is 2.83 bits per heavy atom. The lowest BCUT2D eigenvalue weighted by atomic mass is 10.2. The fourth-order valence-electron chi connectivity index (χ4n) is 0.638. The molecule has 3 heteroatoms. The Hall–Kier alpha value is -0.830. The topological polar surface area (TPSA) is 38.3 Å². The summed E-state index contributed by atoms with van der Waals surface area (Å²) < 4.78 is 5.24. The summed E-state index contributed by atoms with van der Waals surface area (Å²) in [5.41, 5.74) is 0. The van der Waals surface area contributed by atoms with Gasteiger partial charge in [-0.2, -0.15) is 0 Å². The summed E-state index contributed by atoms with van der Waals surface area (Å²) in [6.45, 7) is 9.37. The number of hydrogen-bond acceptors (Lipinski definition) is 2. The third-order valence-electron chi connectivity index (χ3n) is 1.18. The molecule has 0 unspecified atom stereocenters. The van der Waals surface area contributed by atoms with E-state index in [1.54, 1.807) is 0 Å². The minimum Gasteiger partial charge on any atom is -0.379 e. The van der Waals surface area contributed by atoms with Crippen molar-refractivity contribution in [1.82, 2.24) is 5.32 Å². The van der Waals surface area contributed by atoms with E-state index in [0.717, 1.165) is 6.61 Å². The van der Waals surface area contributed by atoms with Crippen molar-refractivity contribution in [3.63, 3.8) is 0 Å². The fourth-order valence-corrected chi connectivity index (χ4v) is 0.638. The zero-order chi connectivity index (χ0) is 9.40. The zero-order valence-corrected chi connectivity index (χ0v) is 7.80. The van der Waals surface area contributed by atoms with Crippen LogP contribution in [0.4, 0.5) is 0 Å². The van der Waals surface area contributed by atoms with Gasteiger partial charge in [0.25, 0.3) is 0 Å². The van der Waals surface area contributed by atoms with Crippen molar-refractivity contribution < 1.29 is 9.53 Å². The summed E-state index contributed by atoms with van der Waals surface area (Å²) in [5, 5.41) is 2.62. The molecule has 3 nitrogen and oxygen atoms in total. The van der Waals surface area contributed by atoms with E-state index >= 15 is 0 Å². The molecule has 1 amide bonds. The summed E-state index contributed by atoms with van der Waals surface area (Å²) in [5.74, 6) is 0.392. The molecule has 1 N–H and O–H groups in total. The quantitative estimate of drug-likeness (QED) is 0.477. The second kappa shape index (κ2) is 6.85. The summed E-state index contributed by atoms with van der Waals surface area (Å²) >= 11 is 0. The van der Waals surface area contributed by atoms with E-state index in [-0.39, 0.29) is 5.91 Å². The average molecular weight is 171 g/mol. The van der Waals surface area contributed by atoms with E-state index in [0.29, 0.717) is 19.1 Å². The van der Waals surface area contributed by atoms with Crippen molar-refractivity contribution in [2.24, 2.45) is 5.92 Å². The van der Waals surface area contributed by atoms with Gasteiger partial charge in [0.1, 0.15) is 0 Å². The molecule has 0 saturated carbocycles. The minimum atomic E-state index is -0.150. The first-order valence-corrected chi connectivity index (χ1v) is 4.14. The second-order valence-corrected chi connectivity index (χ2v) is 2.96. The van der Waals surface area contributed by atoms with Crippen molar-refractivity contribution >= 4 is 5.91 Å².